The van der Waals surface area contributed by atoms with Gasteiger partial charge < -0.3 is 15.0 Å². The van der Waals surface area contributed by atoms with Crippen LogP contribution in [0.2, 0.25) is 10.0 Å². The van der Waals surface area contributed by atoms with Crippen LogP contribution in [-0.4, -0.2) is 32.2 Å². The van der Waals surface area contributed by atoms with Crippen LogP contribution in [0.25, 0.3) is 6.08 Å². The van der Waals surface area contributed by atoms with Crippen molar-refractivity contribution in [1.29, 1.82) is 0 Å². The van der Waals surface area contributed by atoms with E-state index in [1.54, 1.807) is 12.3 Å². The highest BCUT2D eigenvalue weighted by Crippen LogP contribution is 2.36. The second-order valence-corrected chi connectivity index (χ2v) is 6.72. The number of hydrogen-bond donors (Lipinski definition) is 1. The number of aromatic nitrogens is 1. The summed E-state index contributed by atoms with van der Waals surface area (Å²) in [6.07, 6.45) is 3.89. The zero-order chi connectivity index (χ0) is 17.1. The lowest BCUT2D eigenvalue weighted by Crippen LogP contribution is -2.23. The first-order chi connectivity index (χ1) is 11.5. The number of rotatable bonds is 5. The predicted octanol–water partition coefficient (Wildman–Crippen LogP) is 4.02. The minimum atomic E-state index is 0.523. The third-order valence-corrected chi connectivity index (χ3v) is 4.26. The second-order valence-electron chi connectivity index (χ2n) is 5.88. The maximum absolute atomic E-state index is 6.16. The van der Waals surface area contributed by atoms with Crippen LogP contribution >= 0.6 is 23.2 Å². The summed E-state index contributed by atoms with van der Waals surface area (Å²) in [6, 6.07) is 7.60. The molecule has 2 aromatic rings. The topological polar surface area (TPSA) is 37.4 Å². The van der Waals surface area contributed by atoms with Crippen LogP contribution < -0.4 is 15.0 Å². The Morgan fingerprint density at radius 2 is 2.08 bits per heavy atom. The average molecular weight is 364 g/mol. The Balaban J connectivity index is 1.67. The van der Waals surface area contributed by atoms with Gasteiger partial charge in [-0.1, -0.05) is 29.3 Å². The summed E-state index contributed by atoms with van der Waals surface area (Å²) in [5, 5.41) is 4.60. The van der Waals surface area contributed by atoms with E-state index in [2.05, 4.69) is 22.4 Å². The first-order valence-electron chi connectivity index (χ1n) is 7.68. The molecule has 0 fully saturated rings. The molecule has 3 rings (SSSR count). The molecule has 126 valence electrons. The van der Waals surface area contributed by atoms with Gasteiger partial charge >= 0.3 is 0 Å². The lowest BCUT2D eigenvalue weighted by molar-refractivity contribution is 0.343. The summed E-state index contributed by atoms with van der Waals surface area (Å²) in [5.74, 6) is 1.68. The van der Waals surface area contributed by atoms with Crippen molar-refractivity contribution in [3.05, 3.63) is 57.2 Å². The summed E-state index contributed by atoms with van der Waals surface area (Å²) in [5.41, 5.74) is 3.23. The molecule has 0 unspecified atom stereocenters. The van der Waals surface area contributed by atoms with Crippen molar-refractivity contribution in [2.75, 3.05) is 32.1 Å². The number of fused-ring (bicyclic) bond motifs is 1. The zero-order valence-corrected chi connectivity index (χ0v) is 15.2. The molecule has 1 N–H and O–H groups in total. The fourth-order valence-corrected chi connectivity index (χ4v) is 3.26. The highest BCUT2D eigenvalue weighted by molar-refractivity contribution is 6.36. The van der Waals surface area contributed by atoms with Crippen LogP contribution in [0, 0.1) is 0 Å². The van der Waals surface area contributed by atoms with Gasteiger partial charge in [-0.3, -0.25) is 0 Å². The Labute approximate surface area is 152 Å². The van der Waals surface area contributed by atoms with Gasteiger partial charge in [-0.2, -0.15) is 0 Å². The summed E-state index contributed by atoms with van der Waals surface area (Å²) < 4.78 is 5.77. The summed E-state index contributed by atoms with van der Waals surface area (Å²) in [4.78, 5) is 6.42. The van der Waals surface area contributed by atoms with Gasteiger partial charge in [0.2, 0.25) is 0 Å². The van der Waals surface area contributed by atoms with Crippen molar-refractivity contribution < 1.29 is 4.74 Å². The smallest absolute Gasteiger partial charge is 0.145 e. The van der Waals surface area contributed by atoms with Crippen LogP contribution in [0.4, 0.5) is 5.82 Å². The normalized spacial score (nSPS) is 13.1. The highest BCUT2D eigenvalue weighted by Gasteiger charge is 2.15. The van der Waals surface area contributed by atoms with Gasteiger partial charge in [-0.05, 0) is 29.8 Å². The molecule has 0 saturated carbocycles. The van der Waals surface area contributed by atoms with Crippen molar-refractivity contribution in [1.82, 2.24) is 10.3 Å². The molecule has 4 nitrogen and oxygen atoms in total. The van der Waals surface area contributed by atoms with Gasteiger partial charge in [0, 0.05) is 49.5 Å². The van der Waals surface area contributed by atoms with Gasteiger partial charge in [0.25, 0.3) is 0 Å². The molecule has 0 saturated heterocycles. The second kappa shape index (κ2) is 7.43. The van der Waals surface area contributed by atoms with E-state index >= 15 is 0 Å². The molecule has 6 heteroatoms. The number of ether oxygens (including phenoxy) is 1. The van der Waals surface area contributed by atoms with Crippen molar-refractivity contribution in [2.45, 2.75) is 6.54 Å². The third kappa shape index (κ3) is 3.83. The summed E-state index contributed by atoms with van der Waals surface area (Å²) in [6.45, 7) is 1.99. The lowest BCUT2D eigenvalue weighted by atomic mass is 10.1. The van der Waals surface area contributed by atoms with Crippen molar-refractivity contribution in [3.8, 4) is 5.75 Å². The van der Waals surface area contributed by atoms with Crippen molar-refractivity contribution in [2.24, 2.45) is 0 Å². The van der Waals surface area contributed by atoms with E-state index in [1.165, 1.54) is 0 Å². The third-order valence-electron chi connectivity index (χ3n) is 3.76. The SMILES string of the molecule is CN(C)c1ncccc1CNCC1=Cc2cc(Cl)cc(Cl)c2OC1. The molecule has 1 aromatic heterocycles. The van der Waals surface area contributed by atoms with E-state index in [9.17, 15) is 0 Å². The van der Waals surface area contributed by atoms with Crippen LogP contribution in [0.5, 0.6) is 5.75 Å². The largest absolute Gasteiger partial charge is 0.487 e. The minimum Gasteiger partial charge on any atom is -0.487 e. The number of pyridine rings is 1. The average Bonchev–Trinajstić information content (AvgIpc) is 2.54. The van der Waals surface area contributed by atoms with Crippen molar-refractivity contribution in [3.63, 3.8) is 0 Å². The number of anilines is 1. The van der Waals surface area contributed by atoms with Gasteiger partial charge in [0.1, 0.15) is 18.2 Å². The van der Waals surface area contributed by atoms with E-state index in [0.29, 0.717) is 22.4 Å². The standard InChI is InChI=1S/C18H19Cl2N3O/c1-23(2)18-13(4-3-5-22-18)10-21-9-12-6-14-7-15(19)8-16(20)17(14)24-11-12/h3-8,21H,9-11H2,1-2H3. The molecule has 0 spiro atoms. The molecule has 0 radical (unpaired) electrons. The molecule has 1 aliphatic rings. The zero-order valence-electron chi connectivity index (χ0n) is 13.6. The predicted molar refractivity (Wildman–Crippen MR) is 100 cm³/mol. The quantitative estimate of drug-likeness (QED) is 0.870. The number of nitrogens with zero attached hydrogens (tertiary/aromatic N) is 2. The molecule has 0 aliphatic carbocycles. The molecule has 0 atom stereocenters. The van der Waals surface area contributed by atoms with E-state index in [-0.39, 0.29) is 0 Å². The fourth-order valence-electron chi connectivity index (χ4n) is 2.70. The summed E-state index contributed by atoms with van der Waals surface area (Å²) >= 11 is 12.2. The van der Waals surface area contributed by atoms with E-state index in [1.807, 2.05) is 31.1 Å². The molecule has 0 amide bonds. The Morgan fingerprint density at radius 1 is 1.25 bits per heavy atom. The van der Waals surface area contributed by atoms with Crippen LogP contribution in [-0.2, 0) is 6.54 Å². The Morgan fingerprint density at radius 3 is 2.88 bits per heavy atom. The molecular formula is C18H19Cl2N3O. The fraction of sp³-hybridized carbons (Fsp3) is 0.278. The number of benzene rings is 1. The number of hydrogen-bond acceptors (Lipinski definition) is 4. The molecule has 0 bridgehead atoms. The number of halogens is 2. The molecule has 24 heavy (non-hydrogen) atoms. The van der Waals surface area contributed by atoms with Crippen LogP contribution in [0.15, 0.2) is 36.0 Å². The van der Waals surface area contributed by atoms with E-state index in [4.69, 9.17) is 27.9 Å². The maximum Gasteiger partial charge on any atom is 0.145 e. The highest BCUT2D eigenvalue weighted by atomic mass is 35.5. The van der Waals surface area contributed by atoms with Gasteiger partial charge in [-0.15, -0.1) is 0 Å². The van der Waals surface area contributed by atoms with Crippen LogP contribution in [0.3, 0.4) is 0 Å². The van der Waals surface area contributed by atoms with Crippen molar-refractivity contribution >= 4 is 35.1 Å². The van der Waals surface area contributed by atoms with Crippen LogP contribution in [0.1, 0.15) is 11.1 Å². The molecule has 1 aliphatic heterocycles. The first-order valence-corrected chi connectivity index (χ1v) is 8.43. The number of nitrogens with one attached hydrogen (secondary N) is 1. The molecule has 2 heterocycles. The van der Waals surface area contributed by atoms with Gasteiger partial charge in [-0.25, -0.2) is 4.98 Å². The van der Waals surface area contributed by atoms with E-state index < -0.39 is 0 Å². The monoisotopic (exact) mass is 363 g/mol. The van der Waals surface area contributed by atoms with Gasteiger partial charge in [0.05, 0.1) is 5.02 Å². The minimum absolute atomic E-state index is 0.523. The summed E-state index contributed by atoms with van der Waals surface area (Å²) in [7, 11) is 3.99. The van der Waals surface area contributed by atoms with E-state index in [0.717, 1.165) is 35.6 Å². The first kappa shape index (κ1) is 17.1. The molecule has 1 aromatic carbocycles. The Hall–Kier alpha value is -1.75. The van der Waals surface area contributed by atoms with Gasteiger partial charge in [0.15, 0.2) is 0 Å². The Bertz CT molecular complexity index is 775. The maximum atomic E-state index is 6.16. The lowest BCUT2D eigenvalue weighted by Gasteiger charge is -2.20. The Kier molecular flexibility index (Phi) is 5.29. The molecular weight excluding hydrogens is 345 g/mol.